The molecule has 1 aromatic rings. The Balaban J connectivity index is 2.52. The first-order chi connectivity index (χ1) is 15.9. The SMILES string of the molecule is CSc1nc(N[C@@H]2O[C@H](COC(C)=O)[C@@H](OC(C)=O)[C@H](OC(C)=O)[C@H]2OC(C)=O)cc(=O)n1C. The third kappa shape index (κ3) is 7.18. The Kier molecular flexibility index (Phi) is 9.44. The zero-order chi connectivity index (χ0) is 25.6. The summed E-state index contributed by atoms with van der Waals surface area (Å²) in [5.74, 6) is -2.75. The van der Waals surface area contributed by atoms with Gasteiger partial charge in [0.15, 0.2) is 29.7 Å². The van der Waals surface area contributed by atoms with Crippen LogP contribution in [0.2, 0.25) is 0 Å². The lowest BCUT2D eigenvalue weighted by Crippen LogP contribution is -2.64. The van der Waals surface area contributed by atoms with E-state index >= 15 is 0 Å². The number of ether oxygens (including phenoxy) is 5. The number of anilines is 1. The molecule has 0 spiro atoms. The molecule has 0 unspecified atom stereocenters. The van der Waals surface area contributed by atoms with Crippen LogP contribution in [0.5, 0.6) is 0 Å². The van der Waals surface area contributed by atoms with Crippen molar-refractivity contribution in [3.8, 4) is 0 Å². The van der Waals surface area contributed by atoms with Crippen molar-refractivity contribution in [3.05, 3.63) is 16.4 Å². The maximum absolute atomic E-state index is 12.3. The Morgan fingerprint density at radius 1 is 1.00 bits per heavy atom. The van der Waals surface area contributed by atoms with Crippen molar-refractivity contribution in [2.24, 2.45) is 7.05 Å². The van der Waals surface area contributed by atoms with E-state index in [2.05, 4.69) is 10.3 Å². The van der Waals surface area contributed by atoms with Crippen LogP contribution < -0.4 is 10.9 Å². The van der Waals surface area contributed by atoms with E-state index in [0.717, 1.165) is 20.8 Å². The molecule has 5 atom stereocenters. The molecule has 2 heterocycles. The highest BCUT2D eigenvalue weighted by atomic mass is 32.2. The Morgan fingerprint density at radius 3 is 2.09 bits per heavy atom. The molecule has 1 aliphatic rings. The van der Waals surface area contributed by atoms with Crippen LogP contribution in [-0.4, -0.2) is 76.9 Å². The lowest BCUT2D eigenvalue weighted by Gasteiger charge is -2.44. The number of hydrogen-bond donors (Lipinski definition) is 1. The van der Waals surface area contributed by atoms with Gasteiger partial charge in [0.2, 0.25) is 0 Å². The van der Waals surface area contributed by atoms with Crippen molar-refractivity contribution in [1.82, 2.24) is 9.55 Å². The van der Waals surface area contributed by atoms with Crippen LogP contribution in [0.15, 0.2) is 16.0 Å². The summed E-state index contributed by atoms with van der Waals surface area (Å²) in [5, 5.41) is 3.25. The first kappa shape index (κ1) is 27.1. The van der Waals surface area contributed by atoms with Crippen molar-refractivity contribution in [2.45, 2.75) is 63.5 Å². The molecule has 14 heteroatoms. The molecule has 0 radical (unpaired) electrons. The van der Waals surface area contributed by atoms with Crippen LogP contribution in [-0.2, 0) is 49.9 Å². The standard InChI is InChI=1S/C20H27N3O10S/c1-9(24)29-8-13-16(30-10(2)25)17(31-11(3)26)18(32-12(4)27)19(33-13)21-14-7-15(28)23(5)20(22-14)34-6/h7,13,16-19,21H,8H2,1-6H3/t13-,16-,17+,18-,19-/m1/s1. The summed E-state index contributed by atoms with van der Waals surface area (Å²) in [4.78, 5) is 63.5. The molecule has 34 heavy (non-hydrogen) atoms. The van der Waals surface area contributed by atoms with Gasteiger partial charge >= 0.3 is 23.9 Å². The van der Waals surface area contributed by atoms with Gasteiger partial charge < -0.3 is 29.0 Å². The van der Waals surface area contributed by atoms with E-state index in [4.69, 9.17) is 23.7 Å². The summed E-state index contributed by atoms with van der Waals surface area (Å²) in [6.45, 7) is 4.21. The van der Waals surface area contributed by atoms with E-state index in [-0.39, 0.29) is 18.0 Å². The van der Waals surface area contributed by atoms with Gasteiger partial charge in [-0.2, -0.15) is 0 Å². The summed E-state index contributed by atoms with van der Waals surface area (Å²) >= 11 is 1.23. The zero-order valence-electron chi connectivity index (χ0n) is 19.6. The third-order valence-corrected chi connectivity index (χ3v) is 5.29. The highest BCUT2D eigenvalue weighted by Gasteiger charge is 2.52. The van der Waals surface area contributed by atoms with Gasteiger partial charge in [-0.1, -0.05) is 11.8 Å². The molecule has 188 valence electrons. The summed E-state index contributed by atoms with van der Waals surface area (Å²) in [7, 11) is 1.55. The predicted octanol–water partition coefficient (Wildman–Crippen LogP) is -0.00280. The molecule has 1 aliphatic heterocycles. The molecular weight excluding hydrogens is 474 g/mol. The molecule has 0 bridgehead atoms. The van der Waals surface area contributed by atoms with Crippen LogP contribution in [0.25, 0.3) is 0 Å². The molecule has 1 saturated heterocycles. The largest absolute Gasteiger partial charge is 0.463 e. The molecule has 0 aromatic carbocycles. The Hall–Kier alpha value is -3.13. The molecule has 2 rings (SSSR count). The fourth-order valence-electron chi connectivity index (χ4n) is 3.27. The van der Waals surface area contributed by atoms with Gasteiger partial charge in [0.05, 0.1) is 0 Å². The fourth-order valence-corrected chi connectivity index (χ4v) is 3.82. The second-order valence-corrected chi connectivity index (χ2v) is 8.06. The molecule has 0 amide bonds. The minimum absolute atomic E-state index is 0.0911. The minimum atomic E-state index is -1.33. The number of carbonyl (C=O) groups excluding carboxylic acids is 4. The molecule has 13 nitrogen and oxygen atoms in total. The molecular formula is C20H27N3O10S. The van der Waals surface area contributed by atoms with Crippen molar-refractivity contribution in [2.75, 3.05) is 18.2 Å². The second kappa shape index (κ2) is 11.8. The smallest absolute Gasteiger partial charge is 0.303 e. The van der Waals surface area contributed by atoms with E-state index in [9.17, 15) is 24.0 Å². The number of thioether (sulfide) groups is 1. The summed E-state index contributed by atoms with van der Waals surface area (Å²) in [5.41, 5.74) is -0.368. The highest BCUT2D eigenvalue weighted by Crippen LogP contribution is 2.30. The van der Waals surface area contributed by atoms with Crippen LogP contribution in [0.3, 0.4) is 0 Å². The lowest BCUT2D eigenvalue weighted by molar-refractivity contribution is -0.247. The topological polar surface area (TPSA) is 161 Å². The lowest BCUT2D eigenvalue weighted by atomic mass is 9.97. The van der Waals surface area contributed by atoms with E-state index in [1.807, 2.05) is 0 Å². The van der Waals surface area contributed by atoms with Gasteiger partial charge in [0.1, 0.15) is 18.5 Å². The summed E-state index contributed by atoms with van der Waals surface area (Å²) in [6.07, 6.45) is -4.53. The van der Waals surface area contributed by atoms with Crippen molar-refractivity contribution in [1.29, 1.82) is 0 Å². The number of esters is 4. The fraction of sp³-hybridized carbons (Fsp3) is 0.600. The first-order valence-corrected chi connectivity index (χ1v) is 11.3. The van der Waals surface area contributed by atoms with Crippen molar-refractivity contribution >= 4 is 41.5 Å². The number of nitrogens with zero attached hydrogens (tertiary/aromatic N) is 2. The van der Waals surface area contributed by atoms with E-state index < -0.39 is 54.5 Å². The Labute approximate surface area is 199 Å². The normalized spacial score (nSPS) is 24.0. The quantitative estimate of drug-likeness (QED) is 0.219. The average molecular weight is 502 g/mol. The van der Waals surface area contributed by atoms with Gasteiger partial charge in [-0.3, -0.25) is 28.5 Å². The summed E-state index contributed by atoms with van der Waals surface area (Å²) in [6, 6.07) is 1.20. The van der Waals surface area contributed by atoms with Gasteiger partial charge in [-0.05, 0) is 6.26 Å². The number of rotatable bonds is 8. The molecule has 0 saturated carbocycles. The number of carbonyl (C=O) groups is 4. The molecule has 0 aliphatic carbocycles. The van der Waals surface area contributed by atoms with Gasteiger partial charge in [0, 0.05) is 40.8 Å². The van der Waals surface area contributed by atoms with E-state index in [1.54, 1.807) is 13.3 Å². The van der Waals surface area contributed by atoms with Crippen LogP contribution in [0, 0.1) is 0 Å². The van der Waals surface area contributed by atoms with Crippen LogP contribution >= 0.6 is 11.8 Å². The van der Waals surface area contributed by atoms with E-state index in [0.29, 0.717) is 5.16 Å². The zero-order valence-corrected chi connectivity index (χ0v) is 20.4. The van der Waals surface area contributed by atoms with Crippen LogP contribution in [0.4, 0.5) is 5.82 Å². The van der Waals surface area contributed by atoms with Gasteiger partial charge in [0.25, 0.3) is 5.56 Å². The molecule has 1 N–H and O–H groups in total. The average Bonchev–Trinajstić information content (AvgIpc) is 2.72. The minimum Gasteiger partial charge on any atom is -0.463 e. The Bertz CT molecular complexity index is 997. The maximum Gasteiger partial charge on any atom is 0.303 e. The second-order valence-electron chi connectivity index (χ2n) is 7.29. The molecule has 1 aromatic heterocycles. The predicted molar refractivity (Wildman–Crippen MR) is 117 cm³/mol. The number of hydrogen-bond acceptors (Lipinski definition) is 13. The first-order valence-electron chi connectivity index (χ1n) is 10.1. The highest BCUT2D eigenvalue weighted by molar-refractivity contribution is 7.98. The Morgan fingerprint density at radius 2 is 1.56 bits per heavy atom. The van der Waals surface area contributed by atoms with Crippen molar-refractivity contribution < 1.29 is 42.9 Å². The summed E-state index contributed by atoms with van der Waals surface area (Å²) < 4.78 is 28.3. The third-order valence-electron chi connectivity index (χ3n) is 4.56. The van der Waals surface area contributed by atoms with Gasteiger partial charge in [-0.25, -0.2) is 4.98 Å². The number of nitrogens with one attached hydrogen (secondary N) is 1. The van der Waals surface area contributed by atoms with E-state index in [1.165, 1.54) is 29.3 Å². The van der Waals surface area contributed by atoms with Gasteiger partial charge in [-0.15, -0.1) is 0 Å². The van der Waals surface area contributed by atoms with Crippen LogP contribution in [0.1, 0.15) is 27.7 Å². The molecule has 1 fully saturated rings. The van der Waals surface area contributed by atoms with Crippen molar-refractivity contribution in [3.63, 3.8) is 0 Å². The number of aromatic nitrogens is 2. The monoisotopic (exact) mass is 501 g/mol. The maximum atomic E-state index is 12.3.